The topological polar surface area (TPSA) is 44.0 Å². The summed E-state index contributed by atoms with van der Waals surface area (Å²) in [6.45, 7) is 2.05. The lowest BCUT2D eigenvalue weighted by Crippen LogP contribution is -2.18. The van der Waals surface area contributed by atoms with E-state index >= 15 is 0 Å². The Bertz CT molecular complexity index is 625. The molecule has 3 rings (SSSR count). The van der Waals surface area contributed by atoms with Gasteiger partial charge in [0.2, 0.25) is 0 Å². The third kappa shape index (κ3) is 1.04. The molecule has 1 aromatic heterocycles. The van der Waals surface area contributed by atoms with E-state index in [-0.39, 0.29) is 17.3 Å². The Morgan fingerprint density at radius 1 is 1.06 bits per heavy atom. The molecule has 4 heteroatoms. The van der Waals surface area contributed by atoms with E-state index in [0.717, 1.165) is 12.8 Å². The van der Waals surface area contributed by atoms with Crippen molar-refractivity contribution in [3.05, 3.63) is 45.0 Å². The fourth-order valence-corrected chi connectivity index (χ4v) is 2.28. The van der Waals surface area contributed by atoms with Gasteiger partial charge in [0, 0.05) is 0 Å². The second kappa shape index (κ2) is 3.07. The summed E-state index contributed by atoms with van der Waals surface area (Å²) in [5.41, 5.74) is -0.0951. The molecule has 2 heterocycles. The molecule has 2 aromatic rings. The molecule has 1 aliphatic heterocycles. The molecule has 0 saturated carbocycles. The first-order valence-electron chi connectivity index (χ1n) is 5.51. The van der Waals surface area contributed by atoms with Gasteiger partial charge < -0.3 is 0 Å². The second-order valence-corrected chi connectivity index (χ2v) is 4.11. The Balaban J connectivity index is 2.36. The average molecular weight is 216 g/mol. The quantitative estimate of drug-likeness (QED) is 0.760. The zero-order chi connectivity index (χ0) is 11.3. The van der Waals surface area contributed by atoms with E-state index in [4.69, 9.17) is 0 Å². The lowest BCUT2D eigenvalue weighted by molar-refractivity contribution is 0.665. The minimum absolute atomic E-state index is 0.0163. The van der Waals surface area contributed by atoms with Crippen LogP contribution in [0.2, 0.25) is 0 Å². The van der Waals surface area contributed by atoms with Crippen LogP contribution >= 0.6 is 0 Å². The zero-order valence-electron chi connectivity index (χ0n) is 9.01. The van der Waals surface area contributed by atoms with Gasteiger partial charge in [-0.25, -0.2) is 9.36 Å². The van der Waals surface area contributed by atoms with Gasteiger partial charge >= 0.3 is 0 Å². The predicted octanol–water partition coefficient (Wildman–Crippen LogP) is 1.32. The zero-order valence-corrected chi connectivity index (χ0v) is 9.01. The number of hydrogen-bond donors (Lipinski definition) is 0. The summed E-state index contributed by atoms with van der Waals surface area (Å²) in [5.74, 6) is 0. The maximum atomic E-state index is 12.0. The molecule has 0 spiro atoms. The summed E-state index contributed by atoms with van der Waals surface area (Å²) >= 11 is 0. The highest BCUT2D eigenvalue weighted by atomic mass is 16.2. The van der Waals surface area contributed by atoms with Crippen molar-refractivity contribution in [2.75, 3.05) is 0 Å². The van der Waals surface area contributed by atoms with Crippen LogP contribution in [-0.2, 0) is 0 Å². The molecule has 0 aliphatic carbocycles. The number of benzene rings is 1. The molecule has 0 saturated heterocycles. The van der Waals surface area contributed by atoms with Crippen molar-refractivity contribution in [2.24, 2.45) is 0 Å². The Hall–Kier alpha value is -1.84. The minimum Gasteiger partial charge on any atom is -0.267 e. The van der Waals surface area contributed by atoms with Crippen LogP contribution in [0.4, 0.5) is 0 Å². The Labute approximate surface area is 91.7 Å². The number of aromatic nitrogens is 2. The van der Waals surface area contributed by atoms with Gasteiger partial charge in [-0.2, -0.15) is 0 Å². The van der Waals surface area contributed by atoms with Crippen molar-refractivity contribution < 1.29 is 0 Å². The Morgan fingerprint density at radius 3 is 2.00 bits per heavy atom. The Morgan fingerprint density at radius 2 is 1.56 bits per heavy atom. The third-order valence-electron chi connectivity index (χ3n) is 3.09. The number of rotatable bonds is 2. The summed E-state index contributed by atoms with van der Waals surface area (Å²) in [6, 6.07) is 7.01. The Kier molecular flexibility index (Phi) is 1.80. The fraction of sp³-hybridized carbons (Fsp3) is 0.333. The monoisotopic (exact) mass is 216 g/mol. The van der Waals surface area contributed by atoms with Crippen molar-refractivity contribution in [2.45, 2.75) is 25.9 Å². The molecule has 4 nitrogen and oxygen atoms in total. The van der Waals surface area contributed by atoms with Crippen LogP contribution in [0.1, 0.15) is 25.9 Å². The van der Waals surface area contributed by atoms with Gasteiger partial charge in [-0.1, -0.05) is 25.5 Å². The average Bonchev–Trinajstić information content (AvgIpc) is 3.01. The van der Waals surface area contributed by atoms with Crippen LogP contribution in [-0.4, -0.2) is 9.36 Å². The molecule has 0 radical (unpaired) electrons. The smallest absolute Gasteiger partial charge is 0.267 e. The number of nitrogens with zero attached hydrogens (tertiary/aromatic N) is 2. The summed E-state index contributed by atoms with van der Waals surface area (Å²) < 4.78 is 3.13. The molecular formula is C12H12N2O2. The van der Waals surface area contributed by atoms with E-state index in [0.29, 0.717) is 10.8 Å². The highest BCUT2D eigenvalue weighted by molar-refractivity contribution is 5.80. The van der Waals surface area contributed by atoms with Crippen LogP contribution in [0.15, 0.2) is 33.9 Å². The van der Waals surface area contributed by atoms with Crippen LogP contribution in [0.25, 0.3) is 10.8 Å². The van der Waals surface area contributed by atoms with E-state index in [1.54, 1.807) is 33.6 Å². The fourth-order valence-electron chi connectivity index (χ4n) is 2.28. The first-order chi connectivity index (χ1) is 7.75. The first-order valence-corrected chi connectivity index (χ1v) is 5.51. The van der Waals surface area contributed by atoms with Gasteiger partial charge in [-0.15, -0.1) is 0 Å². The van der Waals surface area contributed by atoms with E-state index in [9.17, 15) is 9.59 Å². The second-order valence-electron chi connectivity index (χ2n) is 4.11. The van der Waals surface area contributed by atoms with Crippen molar-refractivity contribution in [3.63, 3.8) is 0 Å². The van der Waals surface area contributed by atoms with Gasteiger partial charge in [0.1, 0.15) is 6.17 Å². The third-order valence-corrected chi connectivity index (χ3v) is 3.09. The summed E-state index contributed by atoms with van der Waals surface area (Å²) in [4.78, 5) is 24.0. The van der Waals surface area contributed by atoms with Gasteiger partial charge in [0.05, 0.1) is 10.8 Å². The van der Waals surface area contributed by atoms with Gasteiger partial charge in [-0.05, 0) is 18.6 Å². The SMILES string of the molecule is CCCC1n2c(=O)c3ccccc3c(=O)n21. The van der Waals surface area contributed by atoms with Crippen molar-refractivity contribution in [1.82, 2.24) is 9.36 Å². The number of hydrogen-bond acceptors (Lipinski definition) is 2. The minimum atomic E-state index is -0.0475. The van der Waals surface area contributed by atoms with Crippen molar-refractivity contribution >= 4 is 10.8 Å². The van der Waals surface area contributed by atoms with E-state index < -0.39 is 0 Å². The molecule has 16 heavy (non-hydrogen) atoms. The van der Waals surface area contributed by atoms with Crippen LogP contribution in [0.3, 0.4) is 0 Å². The van der Waals surface area contributed by atoms with Crippen LogP contribution in [0.5, 0.6) is 0 Å². The van der Waals surface area contributed by atoms with Crippen molar-refractivity contribution in [3.8, 4) is 0 Å². The van der Waals surface area contributed by atoms with Gasteiger partial charge in [0.15, 0.2) is 0 Å². The normalized spacial score (nSPS) is 14.1. The van der Waals surface area contributed by atoms with E-state index in [1.165, 1.54) is 0 Å². The predicted molar refractivity (Wildman–Crippen MR) is 61.8 cm³/mol. The molecule has 1 aliphatic rings. The lowest BCUT2D eigenvalue weighted by Gasteiger charge is -1.91. The van der Waals surface area contributed by atoms with Crippen LogP contribution < -0.4 is 11.1 Å². The summed E-state index contributed by atoms with van der Waals surface area (Å²) in [5, 5.41) is 1.06. The highest BCUT2D eigenvalue weighted by Crippen LogP contribution is 2.25. The molecule has 0 fully saturated rings. The van der Waals surface area contributed by atoms with E-state index in [2.05, 4.69) is 6.92 Å². The number of fused-ring (bicyclic) bond motifs is 2. The molecular weight excluding hydrogens is 204 g/mol. The molecule has 1 aromatic carbocycles. The summed E-state index contributed by atoms with van der Waals surface area (Å²) in [6.07, 6.45) is 1.80. The molecule has 82 valence electrons. The lowest BCUT2D eigenvalue weighted by atomic mass is 10.2. The standard InChI is InChI=1S/C12H12N2O2/c1-2-5-10-13-11(15)8-6-3-4-7-9(8)12(16)14(10)13/h3-4,6-7,10H,2,5H2,1H3. The van der Waals surface area contributed by atoms with Gasteiger partial charge in [0.25, 0.3) is 11.1 Å². The maximum absolute atomic E-state index is 12.0. The van der Waals surface area contributed by atoms with Gasteiger partial charge in [-0.3, -0.25) is 9.59 Å². The molecule has 0 N–H and O–H groups in total. The van der Waals surface area contributed by atoms with E-state index in [1.807, 2.05) is 0 Å². The maximum Gasteiger partial charge on any atom is 0.275 e. The molecule has 0 unspecified atom stereocenters. The van der Waals surface area contributed by atoms with Crippen molar-refractivity contribution in [1.29, 1.82) is 0 Å². The van der Waals surface area contributed by atoms with Crippen LogP contribution in [0, 0.1) is 0 Å². The molecule has 0 atom stereocenters. The molecule has 0 bridgehead atoms. The highest BCUT2D eigenvalue weighted by Gasteiger charge is 2.34. The summed E-state index contributed by atoms with van der Waals surface area (Å²) in [7, 11) is 0. The molecule has 0 amide bonds. The largest absolute Gasteiger partial charge is 0.275 e. The first kappa shape index (κ1) is 9.39.